The van der Waals surface area contributed by atoms with Gasteiger partial charge in [0.1, 0.15) is 17.6 Å². The van der Waals surface area contributed by atoms with E-state index in [-0.39, 0.29) is 24.1 Å². The van der Waals surface area contributed by atoms with Crippen LogP contribution in [0.15, 0.2) is 34.9 Å². The van der Waals surface area contributed by atoms with E-state index < -0.39 is 6.04 Å². The van der Waals surface area contributed by atoms with Crippen molar-refractivity contribution in [3.05, 3.63) is 47.5 Å². The van der Waals surface area contributed by atoms with Gasteiger partial charge in [-0.2, -0.15) is 0 Å². The van der Waals surface area contributed by atoms with Crippen molar-refractivity contribution in [2.75, 3.05) is 5.32 Å². The number of halogens is 1. The second kappa shape index (κ2) is 8.24. The van der Waals surface area contributed by atoms with Crippen molar-refractivity contribution in [2.45, 2.75) is 39.2 Å². The maximum atomic E-state index is 12.8. The molecule has 1 heterocycles. The van der Waals surface area contributed by atoms with Gasteiger partial charge in [0.15, 0.2) is 5.82 Å². The highest BCUT2D eigenvalue weighted by molar-refractivity contribution is 5.96. The van der Waals surface area contributed by atoms with Gasteiger partial charge in [0.05, 0.1) is 0 Å². The van der Waals surface area contributed by atoms with Crippen LogP contribution < -0.4 is 10.6 Å². The van der Waals surface area contributed by atoms with Crippen LogP contribution in [0.25, 0.3) is 0 Å². The number of hydrogen-bond donors (Lipinski definition) is 2. The number of benzene rings is 1. The Morgan fingerprint density at radius 2 is 2.00 bits per heavy atom. The molecule has 128 valence electrons. The Kier molecular flexibility index (Phi) is 6.06. The van der Waals surface area contributed by atoms with Gasteiger partial charge in [-0.25, -0.2) is 4.39 Å². The highest BCUT2D eigenvalue weighted by atomic mass is 19.1. The number of nitrogens with one attached hydrogen (secondary N) is 2. The van der Waals surface area contributed by atoms with Crippen LogP contribution in [0.4, 0.5) is 10.2 Å². The molecule has 2 amide bonds. The SMILES string of the molecule is Cc1cc(NC(=O)[C@H](C)NC(=O)CCCc2ccc(F)cc2)no1. The average Bonchev–Trinajstić information content (AvgIpc) is 2.94. The molecule has 1 atom stereocenters. The summed E-state index contributed by atoms with van der Waals surface area (Å²) in [6.07, 6.45) is 1.58. The lowest BCUT2D eigenvalue weighted by atomic mass is 10.1. The van der Waals surface area contributed by atoms with Crippen molar-refractivity contribution >= 4 is 17.6 Å². The molecular weight excluding hydrogens is 313 g/mol. The Balaban J connectivity index is 1.70. The van der Waals surface area contributed by atoms with Gasteiger partial charge in [0.25, 0.3) is 0 Å². The van der Waals surface area contributed by atoms with E-state index in [2.05, 4.69) is 15.8 Å². The summed E-state index contributed by atoms with van der Waals surface area (Å²) in [4.78, 5) is 23.8. The molecule has 1 aromatic heterocycles. The van der Waals surface area contributed by atoms with E-state index >= 15 is 0 Å². The van der Waals surface area contributed by atoms with Crippen LogP contribution >= 0.6 is 0 Å². The van der Waals surface area contributed by atoms with Crippen LogP contribution in [-0.4, -0.2) is 23.0 Å². The maximum absolute atomic E-state index is 12.8. The van der Waals surface area contributed by atoms with Crippen molar-refractivity contribution in [3.8, 4) is 0 Å². The molecule has 2 N–H and O–H groups in total. The number of aromatic nitrogens is 1. The fourth-order valence-electron chi connectivity index (χ4n) is 2.14. The maximum Gasteiger partial charge on any atom is 0.247 e. The highest BCUT2D eigenvalue weighted by Crippen LogP contribution is 2.08. The Morgan fingerprint density at radius 1 is 1.29 bits per heavy atom. The summed E-state index contributed by atoms with van der Waals surface area (Å²) in [6.45, 7) is 3.31. The second-order valence-electron chi connectivity index (χ2n) is 5.58. The third-order valence-electron chi connectivity index (χ3n) is 3.43. The van der Waals surface area contributed by atoms with Crippen molar-refractivity contribution in [2.24, 2.45) is 0 Å². The van der Waals surface area contributed by atoms with Gasteiger partial charge in [-0.15, -0.1) is 0 Å². The number of nitrogens with zero attached hydrogens (tertiary/aromatic N) is 1. The number of amides is 2. The predicted molar refractivity (Wildman–Crippen MR) is 86.8 cm³/mol. The van der Waals surface area contributed by atoms with Crippen molar-refractivity contribution < 1.29 is 18.5 Å². The van der Waals surface area contributed by atoms with E-state index in [1.807, 2.05) is 0 Å². The molecule has 2 aromatic rings. The highest BCUT2D eigenvalue weighted by Gasteiger charge is 2.16. The van der Waals surface area contributed by atoms with Crippen molar-refractivity contribution in [1.82, 2.24) is 10.5 Å². The zero-order chi connectivity index (χ0) is 17.5. The van der Waals surface area contributed by atoms with Gasteiger partial charge >= 0.3 is 0 Å². The molecule has 6 nitrogen and oxygen atoms in total. The summed E-state index contributed by atoms with van der Waals surface area (Å²) in [5, 5.41) is 8.85. The van der Waals surface area contributed by atoms with E-state index in [4.69, 9.17) is 4.52 Å². The van der Waals surface area contributed by atoms with Crippen LogP contribution in [0.3, 0.4) is 0 Å². The topological polar surface area (TPSA) is 84.2 Å². The van der Waals surface area contributed by atoms with E-state index in [0.29, 0.717) is 24.4 Å². The van der Waals surface area contributed by atoms with Gasteiger partial charge in [-0.05, 0) is 44.4 Å². The molecule has 0 unspecified atom stereocenters. The minimum Gasteiger partial charge on any atom is -0.360 e. The van der Waals surface area contributed by atoms with E-state index in [0.717, 1.165) is 5.56 Å². The standard InChI is InChI=1S/C17H20FN3O3/c1-11-10-15(21-24-11)20-17(23)12(2)19-16(22)5-3-4-13-6-8-14(18)9-7-13/h6-10,12H,3-5H2,1-2H3,(H,19,22)(H,20,21,23)/t12-/m0/s1. The Morgan fingerprint density at radius 3 is 2.62 bits per heavy atom. The van der Waals surface area contributed by atoms with Crippen molar-refractivity contribution in [3.63, 3.8) is 0 Å². The summed E-state index contributed by atoms with van der Waals surface area (Å²) in [5.74, 6) is 0.0441. The average molecular weight is 333 g/mol. The minimum absolute atomic E-state index is 0.212. The van der Waals surface area contributed by atoms with E-state index in [9.17, 15) is 14.0 Å². The molecular formula is C17H20FN3O3. The smallest absolute Gasteiger partial charge is 0.247 e. The summed E-state index contributed by atoms with van der Waals surface area (Å²) in [5.41, 5.74) is 0.969. The molecule has 2 rings (SSSR count). The molecule has 0 aliphatic heterocycles. The first-order valence-electron chi connectivity index (χ1n) is 7.72. The lowest BCUT2D eigenvalue weighted by molar-refractivity contribution is -0.126. The normalized spacial score (nSPS) is 11.8. The first-order valence-corrected chi connectivity index (χ1v) is 7.72. The van der Waals surface area contributed by atoms with E-state index in [1.165, 1.54) is 12.1 Å². The first-order chi connectivity index (χ1) is 11.4. The zero-order valence-corrected chi connectivity index (χ0v) is 13.6. The number of hydrogen-bond acceptors (Lipinski definition) is 4. The van der Waals surface area contributed by atoms with Crippen LogP contribution in [0.1, 0.15) is 31.1 Å². The van der Waals surface area contributed by atoms with Gasteiger partial charge in [-0.1, -0.05) is 17.3 Å². The fourth-order valence-corrected chi connectivity index (χ4v) is 2.14. The minimum atomic E-state index is -0.680. The molecule has 7 heteroatoms. The zero-order valence-electron chi connectivity index (χ0n) is 13.6. The third-order valence-corrected chi connectivity index (χ3v) is 3.43. The van der Waals surface area contributed by atoms with Crippen LogP contribution in [-0.2, 0) is 16.0 Å². The van der Waals surface area contributed by atoms with Crippen LogP contribution in [0.5, 0.6) is 0 Å². The second-order valence-corrected chi connectivity index (χ2v) is 5.58. The summed E-state index contributed by atoms with van der Waals surface area (Å²) in [6, 6.07) is 7.10. The third kappa shape index (κ3) is 5.49. The monoisotopic (exact) mass is 333 g/mol. The molecule has 24 heavy (non-hydrogen) atoms. The lowest BCUT2D eigenvalue weighted by Crippen LogP contribution is -2.41. The van der Waals surface area contributed by atoms with Gasteiger partial charge in [0.2, 0.25) is 11.8 Å². The molecule has 0 aliphatic carbocycles. The molecule has 0 spiro atoms. The first kappa shape index (κ1) is 17.7. The Bertz CT molecular complexity index is 697. The summed E-state index contributed by atoms with van der Waals surface area (Å²) < 4.78 is 17.7. The van der Waals surface area contributed by atoms with E-state index in [1.54, 1.807) is 32.0 Å². The fraction of sp³-hybridized carbons (Fsp3) is 0.353. The predicted octanol–water partition coefficient (Wildman–Crippen LogP) is 2.59. The number of carbonyl (C=O) groups excluding carboxylic acids is 2. The number of aryl methyl sites for hydroxylation is 2. The molecule has 0 bridgehead atoms. The van der Waals surface area contributed by atoms with Gasteiger partial charge in [-0.3, -0.25) is 9.59 Å². The number of carbonyl (C=O) groups is 2. The molecule has 0 aliphatic rings. The molecule has 1 aromatic carbocycles. The van der Waals surface area contributed by atoms with Gasteiger partial charge in [0, 0.05) is 12.5 Å². The number of rotatable bonds is 7. The molecule has 0 saturated carbocycles. The van der Waals surface area contributed by atoms with Crippen LogP contribution in [0.2, 0.25) is 0 Å². The Labute approximate surface area is 139 Å². The van der Waals surface area contributed by atoms with Gasteiger partial charge < -0.3 is 15.2 Å². The molecule has 0 saturated heterocycles. The largest absolute Gasteiger partial charge is 0.360 e. The molecule has 0 fully saturated rings. The van der Waals surface area contributed by atoms with Crippen LogP contribution in [0, 0.1) is 12.7 Å². The summed E-state index contributed by atoms with van der Waals surface area (Å²) in [7, 11) is 0. The summed E-state index contributed by atoms with van der Waals surface area (Å²) >= 11 is 0. The van der Waals surface area contributed by atoms with Crippen molar-refractivity contribution in [1.29, 1.82) is 0 Å². The number of anilines is 1. The lowest BCUT2D eigenvalue weighted by Gasteiger charge is -2.12. The molecule has 0 radical (unpaired) electrons. The Hall–Kier alpha value is -2.70. The quantitative estimate of drug-likeness (QED) is 0.816.